The second-order valence-corrected chi connectivity index (χ2v) is 6.88. The number of amides is 1. The minimum Gasteiger partial charge on any atom is -0.396 e. The molecule has 2 fully saturated rings. The van der Waals surface area contributed by atoms with Crippen molar-refractivity contribution in [3.05, 3.63) is 35.6 Å². The van der Waals surface area contributed by atoms with E-state index < -0.39 is 5.41 Å². The van der Waals surface area contributed by atoms with Gasteiger partial charge < -0.3 is 14.7 Å². The summed E-state index contributed by atoms with van der Waals surface area (Å²) in [6.45, 7) is 2.16. The highest BCUT2D eigenvalue weighted by Gasteiger charge is 2.48. The Morgan fingerprint density at radius 1 is 1.25 bits per heavy atom. The van der Waals surface area contributed by atoms with Gasteiger partial charge >= 0.3 is 0 Å². The van der Waals surface area contributed by atoms with Crippen LogP contribution in [0.25, 0.3) is 0 Å². The van der Waals surface area contributed by atoms with Gasteiger partial charge in [0.05, 0.1) is 11.5 Å². The van der Waals surface area contributed by atoms with E-state index in [4.69, 9.17) is 9.84 Å². The third kappa shape index (κ3) is 3.47. The zero-order valence-electron chi connectivity index (χ0n) is 14.0. The summed E-state index contributed by atoms with van der Waals surface area (Å²) in [7, 11) is 0. The Labute approximate surface area is 142 Å². The molecule has 1 heterocycles. The highest BCUT2D eigenvalue weighted by Crippen LogP contribution is 2.45. The highest BCUT2D eigenvalue weighted by molar-refractivity contribution is 5.89. The summed E-state index contributed by atoms with van der Waals surface area (Å²) < 4.78 is 18.9. The van der Waals surface area contributed by atoms with Crippen LogP contribution in [-0.2, 0) is 14.9 Å². The number of nitrogens with zero attached hydrogens (tertiary/aromatic N) is 1. The van der Waals surface area contributed by atoms with E-state index in [1.807, 2.05) is 4.90 Å². The number of hydrogen-bond acceptors (Lipinski definition) is 3. The van der Waals surface area contributed by atoms with E-state index in [-0.39, 0.29) is 24.4 Å². The Morgan fingerprint density at radius 2 is 1.92 bits per heavy atom. The van der Waals surface area contributed by atoms with Crippen LogP contribution in [0.1, 0.15) is 44.1 Å². The average molecular weight is 335 g/mol. The van der Waals surface area contributed by atoms with Crippen LogP contribution >= 0.6 is 0 Å². The minimum absolute atomic E-state index is 0.150. The number of likely N-dealkylation sites (tertiary alicyclic amines) is 1. The number of ether oxygens (including phenoxy) is 1. The molecule has 1 amide bonds. The van der Waals surface area contributed by atoms with Crippen LogP contribution in [0, 0.1) is 5.82 Å². The molecule has 0 radical (unpaired) electrons. The third-order valence-corrected chi connectivity index (χ3v) is 5.40. The summed E-state index contributed by atoms with van der Waals surface area (Å²) in [5.74, 6) is -0.0734. The molecule has 1 aromatic rings. The van der Waals surface area contributed by atoms with Crippen LogP contribution in [-0.4, -0.2) is 48.3 Å². The van der Waals surface area contributed by atoms with Gasteiger partial charge in [0.2, 0.25) is 5.91 Å². The van der Waals surface area contributed by atoms with Gasteiger partial charge in [0.25, 0.3) is 0 Å². The molecule has 1 aliphatic heterocycles. The molecule has 0 unspecified atom stereocenters. The molecule has 0 bridgehead atoms. The Hall–Kier alpha value is -1.46. The molecule has 1 saturated carbocycles. The first-order valence-corrected chi connectivity index (χ1v) is 8.93. The number of hydrogen-bond donors (Lipinski definition) is 1. The lowest BCUT2D eigenvalue weighted by Gasteiger charge is -2.45. The van der Waals surface area contributed by atoms with Crippen molar-refractivity contribution in [3.63, 3.8) is 0 Å². The summed E-state index contributed by atoms with van der Waals surface area (Å²) >= 11 is 0. The van der Waals surface area contributed by atoms with Gasteiger partial charge in [-0.25, -0.2) is 4.39 Å². The molecule has 1 N–H and O–H groups in total. The van der Waals surface area contributed by atoms with Gasteiger partial charge in [0, 0.05) is 26.3 Å². The molecule has 132 valence electrons. The summed E-state index contributed by atoms with van der Waals surface area (Å²) in [4.78, 5) is 15.1. The van der Waals surface area contributed by atoms with Crippen molar-refractivity contribution in [2.75, 3.05) is 26.3 Å². The Morgan fingerprint density at radius 3 is 2.46 bits per heavy atom. The summed E-state index contributed by atoms with van der Waals surface area (Å²) in [6.07, 6.45) is 5.28. The maximum atomic E-state index is 13.2. The number of aliphatic hydroxyl groups excluding tert-OH is 1. The molecule has 0 atom stereocenters. The Kier molecular flexibility index (Phi) is 5.51. The van der Waals surface area contributed by atoms with E-state index in [0.29, 0.717) is 26.1 Å². The van der Waals surface area contributed by atoms with Crippen molar-refractivity contribution in [2.24, 2.45) is 0 Å². The van der Waals surface area contributed by atoms with Gasteiger partial charge in [-0.2, -0.15) is 0 Å². The van der Waals surface area contributed by atoms with E-state index >= 15 is 0 Å². The first-order chi connectivity index (χ1) is 11.7. The lowest BCUT2D eigenvalue weighted by atomic mass is 9.63. The number of carbonyl (C=O) groups is 1. The third-order valence-electron chi connectivity index (χ3n) is 5.40. The first-order valence-electron chi connectivity index (χ1n) is 8.93. The largest absolute Gasteiger partial charge is 0.396 e. The van der Waals surface area contributed by atoms with Crippen LogP contribution in [0.2, 0.25) is 0 Å². The molecule has 24 heavy (non-hydrogen) atoms. The molecule has 1 aliphatic carbocycles. The van der Waals surface area contributed by atoms with Crippen LogP contribution in [0.3, 0.4) is 0 Å². The predicted octanol–water partition coefficient (Wildman–Crippen LogP) is 2.64. The fraction of sp³-hybridized carbons (Fsp3) is 0.632. The fourth-order valence-corrected chi connectivity index (χ4v) is 3.77. The summed E-state index contributed by atoms with van der Waals surface area (Å²) in [5.41, 5.74) is 0.500. The molecule has 0 spiro atoms. The molecule has 3 rings (SSSR count). The van der Waals surface area contributed by atoms with Gasteiger partial charge in [0.1, 0.15) is 5.82 Å². The molecule has 5 heteroatoms. The van der Waals surface area contributed by atoms with Gasteiger partial charge in [0.15, 0.2) is 0 Å². The van der Waals surface area contributed by atoms with E-state index in [1.54, 1.807) is 12.1 Å². The molecule has 2 aliphatic rings. The topological polar surface area (TPSA) is 49.8 Å². The number of carbonyl (C=O) groups excluding carboxylic acids is 1. The lowest BCUT2D eigenvalue weighted by Crippen LogP contribution is -2.53. The van der Waals surface area contributed by atoms with Crippen molar-refractivity contribution in [2.45, 2.75) is 50.0 Å². The SMILES string of the molecule is O=C(N1CCC(OCCCO)CC1)C1(c2ccc(F)cc2)CCC1. The molecule has 0 aromatic heterocycles. The van der Waals surface area contributed by atoms with Gasteiger partial charge in [-0.1, -0.05) is 18.6 Å². The van der Waals surface area contributed by atoms with E-state index in [0.717, 1.165) is 37.7 Å². The summed E-state index contributed by atoms with van der Waals surface area (Å²) in [6, 6.07) is 6.42. The van der Waals surface area contributed by atoms with Crippen LogP contribution in [0.4, 0.5) is 4.39 Å². The van der Waals surface area contributed by atoms with E-state index in [1.165, 1.54) is 12.1 Å². The maximum Gasteiger partial charge on any atom is 0.233 e. The monoisotopic (exact) mass is 335 g/mol. The quantitative estimate of drug-likeness (QED) is 0.813. The van der Waals surface area contributed by atoms with Crippen molar-refractivity contribution in [1.29, 1.82) is 0 Å². The van der Waals surface area contributed by atoms with Crippen LogP contribution in [0.15, 0.2) is 24.3 Å². The van der Waals surface area contributed by atoms with E-state index in [2.05, 4.69) is 0 Å². The maximum absolute atomic E-state index is 13.2. The number of rotatable bonds is 6. The Balaban J connectivity index is 1.60. The zero-order chi connectivity index (χ0) is 17.0. The van der Waals surface area contributed by atoms with Crippen molar-refractivity contribution >= 4 is 5.91 Å². The molecular formula is C19H26FNO3. The first kappa shape index (κ1) is 17.4. The molecule has 1 saturated heterocycles. The van der Waals surface area contributed by atoms with Crippen molar-refractivity contribution in [3.8, 4) is 0 Å². The fourth-order valence-electron chi connectivity index (χ4n) is 3.77. The average Bonchev–Trinajstić information content (AvgIpc) is 2.56. The van der Waals surface area contributed by atoms with Crippen LogP contribution < -0.4 is 0 Å². The van der Waals surface area contributed by atoms with Crippen molar-refractivity contribution in [1.82, 2.24) is 4.90 Å². The number of aliphatic hydroxyl groups is 1. The number of piperidine rings is 1. The smallest absolute Gasteiger partial charge is 0.233 e. The molecule has 1 aromatic carbocycles. The zero-order valence-corrected chi connectivity index (χ0v) is 14.0. The van der Waals surface area contributed by atoms with Gasteiger partial charge in [-0.15, -0.1) is 0 Å². The number of halogens is 1. The predicted molar refractivity (Wildman–Crippen MR) is 89.2 cm³/mol. The minimum atomic E-state index is -0.446. The van der Waals surface area contributed by atoms with Gasteiger partial charge in [-0.05, 0) is 49.8 Å². The van der Waals surface area contributed by atoms with Crippen LogP contribution in [0.5, 0.6) is 0 Å². The Bertz CT molecular complexity index is 548. The second-order valence-electron chi connectivity index (χ2n) is 6.88. The highest BCUT2D eigenvalue weighted by atomic mass is 19.1. The summed E-state index contributed by atoms with van der Waals surface area (Å²) in [5, 5.41) is 8.80. The van der Waals surface area contributed by atoms with E-state index in [9.17, 15) is 9.18 Å². The lowest BCUT2D eigenvalue weighted by molar-refractivity contribution is -0.143. The molecule has 4 nitrogen and oxygen atoms in total. The van der Waals surface area contributed by atoms with Gasteiger partial charge in [-0.3, -0.25) is 4.79 Å². The standard InChI is InChI=1S/C19H26FNO3/c20-16-5-3-15(4-6-16)19(9-1-10-19)18(23)21-11-7-17(8-12-21)24-14-2-13-22/h3-6,17,22H,1-2,7-14H2. The normalized spacial score (nSPS) is 20.7. The molecular weight excluding hydrogens is 309 g/mol. The number of benzene rings is 1. The second kappa shape index (κ2) is 7.62. The van der Waals surface area contributed by atoms with Crippen molar-refractivity contribution < 1.29 is 19.0 Å².